The van der Waals surface area contributed by atoms with Crippen LogP contribution in [0.25, 0.3) is 0 Å². The Labute approximate surface area is 469 Å². The Kier molecular flexibility index (Phi) is 21.7. The zero-order chi connectivity index (χ0) is 59.4. The number of benzene rings is 2. The van der Waals surface area contributed by atoms with Crippen LogP contribution in [0, 0.1) is 23.6 Å². The Morgan fingerprint density at radius 2 is 1.63 bits per heavy atom. The second kappa shape index (κ2) is 28.4. The van der Waals surface area contributed by atoms with Crippen LogP contribution in [0.3, 0.4) is 0 Å². The zero-order valence-electron chi connectivity index (χ0n) is 44.5. The molecular weight excluding hydrogens is 1110 g/mol. The summed E-state index contributed by atoms with van der Waals surface area (Å²) in [5, 5.41) is 74.2. The van der Waals surface area contributed by atoms with Gasteiger partial charge in [0.25, 0.3) is 22.8 Å². The minimum Gasteiger partial charge on any atom is -0.492 e. The summed E-state index contributed by atoms with van der Waals surface area (Å²) in [7, 11) is -4.26. The van der Waals surface area contributed by atoms with Gasteiger partial charge in [-0.25, -0.2) is 14.3 Å². The van der Waals surface area contributed by atoms with Crippen LogP contribution in [0.1, 0.15) is 55.7 Å². The number of carboxylic acid groups (broad SMARTS) is 1. The molecule has 0 bridgehead atoms. The van der Waals surface area contributed by atoms with Crippen molar-refractivity contribution >= 4 is 63.3 Å². The van der Waals surface area contributed by atoms with Crippen LogP contribution in [0.2, 0.25) is 0 Å². The van der Waals surface area contributed by atoms with Crippen LogP contribution in [0.4, 0.5) is 21.7 Å². The number of nitrogens with one attached hydrogen (secondary N) is 3. The standard InChI is InChI=1S/C51H64FN9O20S/c1-3-78-33-6-4-5-31(52)30(33)9-8-29-25-61(49-43(68)40(65)35(79-49)23-57-82(54,73)74)47-39(29)46(53)56-26-59(47)24-28-7-10-34(80-51-44(69)41(66)42(67)45(81-51)50(71)72)32(22-28)58-37(63)11-13-55-36(62)12-15-75-17-19-77-20-18-76-16-14-60-38(64)21-27(2)48(60)70/h4-7,10,22,25-27,29,35,40-45,49,51,53,57,65-69H,3,11-21,23-24H2,1-2H3,(H4-,54,55,58,62,63,71,72,73,74)/p+2/t27?,29?,35-,40-,41+,42+,43-,44-,45+,49-,51-/m1/s1. The van der Waals surface area contributed by atoms with Crippen molar-refractivity contribution in [2.75, 3.05) is 76.9 Å². The third-order valence-electron chi connectivity index (χ3n) is 13.3. The summed E-state index contributed by atoms with van der Waals surface area (Å²) in [5.74, 6) is 0.583. The fraction of sp³-hybridized carbons (Fsp3) is 0.529. The van der Waals surface area contributed by atoms with E-state index in [2.05, 4.69) is 27.5 Å². The van der Waals surface area contributed by atoms with Gasteiger partial charge in [0, 0.05) is 43.8 Å². The second-order valence-electron chi connectivity index (χ2n) is 19.2. The first-order valence-corrected chi connectivity index (χ1v) is 27.5. The molecule has 4 aliphatic rings. The van der Waals surface area contributed by atoms with E-state index in [4.69, 9.17) is 44.0 Å². The quantitative estimate of drug-likeness (QED) is 0.0151. The first-order chi connectivity index (χ1) is 39.1. The van der Waals surface area contributed by atoms with Crippen LogP contribution in [-0.2, 0) is 64.4 Å². The smallest absolute Gasteiger partial charge is 0.456 e. The lowest BCUT2D eigenvalue weighted by molar-refractivity contribution is -0.751. The number of nitrogens with zero attached hydrogens (tertiary/aromatic N) is 4. The largest absolute Gasteiger partial charge is 0.492 e. The Morgan fingerprint density at radius 1 is 0.915 bits per heavy atom. The van der Waals surface area contributed by atoms with Gasteiger partial charge in [0.2, 0.25) is 29.9 Å². The zero-order valence-corrected chi connectivity index (χ0v) is 45.3. The Balaban J connectivity index is 1.05. The second-order valence-corrected chi connectivity index (χ2v) is 20.6. The number of fused-ring (bicyclic) bond motifs is 1. The van der Waals surface area contributed by atoms with E-state index in [0.29, 0.717) is 5.56 Å². The lowest BCUT2D eigenvalue weighted by atomic mass is 9.99. The molecule has 0 radical (unpaired) electrons. The van der Waals surface area contributed by atoms with E-state index in [1.54, 1.807) is 13.8 Å². The summed E-state index contributed by atoms with van der Waals surface area (Å²) in [6.45, 7) is 3.94. The van der Waals surface area contributed by atoms with Gasteiger partial charge in [-0.05, 0) is 37.3 Å². The molecule has 2 aromatic carbocycles. The first-order valence-electron chi connectivity index (χ1n) is 26.0. The number of halogens is 1. The van der Waals surface area contributed by atoms with Crippen molar-refractivity contribution in [2.24, 2.45) is 11.1 Å². The van der Waals surface area contributed by atoms with Crippen molar-refractivity contribution in [2.45, 2.75) is 101 Å². The molecule has 4 aliphatic heterocycles. The van der Waals surface area contributed by atoms with E-state index < -0.39 is 102 Å². The van der Waals surface area contributed by atoms with Crippen LogP contribution < -0.4 is 40.3 Å². The number of nitrogen functional groups attached to an aromatic ring is 1. The van der Waals surface area contributed by atoms with E-state index in [0.717, 1.165) is 0 Å². The Bertz CT molecular complexity index is 3040. The van der Waals surface area contributed by atoms with E-state index >= 15 is 4.39 Å². The third-order valence-corrected chi connectivity index (χ3v) is 13.8. The van der Waals surface area contributed by atoms with Crippen molar-refractivity contribution in [3.05, 3.63) is 65.2 Å². The van der Waals surface area contributed by atoms with E-state index in [1.807, 2.05) is 4.72 Å². The van der Waals surface area contributed by atoms with Crippen LogP contribution in [0.15, 0.2) is 42.7 Å². The van der Waals surface area contributed by atoms with Gasteiger partial charge in [-0.1, -0.05) is 24.8 Å². The fourth-order valence-corrected chi connectivity index (χ4v) is 9.53. The number of anilines is 2. The van der Waals surface area contributed by atoms with Gasteiger partial charge in [-0.3, -0.25) is 24.1 Å². The molecular formula is C51H66FN9O20S+2. The summed E-state index contributed by atoms with van der Waals surface area (Å²) in [4.78, 5) is 67.6. The highest BCUT2D eigenvalue weighted by atomic mass is 32.2. The molecule has 29 nitrogen and oxygen atoms in total. The molecule has 7 rings (SSSR count). The number of amides is 4. The number of carboxylic acids is 1. The summed E-state index contributed by atoms with van der Waals surface area (Å²) < 4.78 is 83.0. The topological polar surface area (TPSA) is 417 Å². The molecule has 2 unspecified atom stereocenters. The van der Waals surface area contributed by atoms with Gasteiger partial charge in [-0.15, -0.1) is 9.14 Å². The van der Waals surface area contributed by atoms with Gasteiger partial charge in [0.1, 0.15) is 65.1 Å². The third kappa shape index (κ3) is 15.8. The maximum Gasteiger partial charge on any atom is 0.456 e. The molecule has 446 valence electrons. The molecule has 3 aromatic rings. The van der Waals surface area contributed by atoms with Gasteiger partial charge in [0.15, 0.2) is 30.5 Å². The van der Waals surface area contributed by atoms with Crippen LogP contribution >= 0.6 is 0 Å². The number of aliphatic hydroxyl groups excluding tert-OH is 5. The maximum atomic E-state index is 15.2. The number of aliphatic hydroxyl groups is 5. The van der Waals surface area contributed by atoms with Crippen molar-refractivity contribution < 1.29 is 110 Å². The molecule has 3 saturated heterocycles. The number of hydrogen-bond donors (Lipinski definition) is 11. The minimum atomic E-state index is -4.26. The number of imide groups is 1. The van der Waals surface area contributed by atoms with Gasteiger partial charge in [0.05, 0.1) is 58.5 Å². The average molecular weight is 1180 g/mol. The van der Waals surface area contributed by atoms with Crippen LogP contribution in [-0.4, -0.2) is 210 Å². The lowest BCUT2D eigenvalue weighted by Crippen LogP contribution is -2.61. The Hall–Kier alpha value is -6.90. The maximum absolute atomic E-state index is 15.2. The predicted octanol–water partition coefficient (Wildman–Crippen LogP) is -3.81. The highest BCUT2D eigenvalue weighted by Gasteiger charge is 2.56. The van der Waals surface area contributed by atoms with Crippen molar-refractivity contribution in [3.63, 3.8) is 0 Å². The molecule has 0 aliphatic carbocycles. The normalized spacial score (nSPS) is 25.1. The molecule has 5 heterocycles. The Morgan fingerprint density at radius 3 is 2.32 bits per heavy atom. The van der Waals surface area contributed by atoms with Crippen molar-refractivity contribution in [3.8, 4) is 23.3 Å². The van der Waals surface area contributed by atoms with E-state index in [9.17, 15) is 63.0 Å². The number of carbonyl (C=O) groups is 5. The molecule has 0 spiro atoms. The summed E-state index contributed by atoms with van der Waals surface area (Å²) in [6.07, 6.45) is -13.5. The average Bonchev–Trinajstić information content (AvgIpc) is 2.57. The van der Waals surface area contributed by atoms with Crippen molar-refractivity contribution in [1.29, 1.82) is 0 Å². The summed E-state index contributed by atoms with van der Waals surface area (Å²) in [5.41, 5.74) is 6.95. The van der Waals surface area contributed by atoms with Gasteiger partial charge >= 0.3 is 11.8 Å². The number of rotatable bonds is 27. The highest BCUT2D eigenvalue weighted by Crippen LogP contribution is 2.38. The van der Waals surface area contributed by atoms with Gasteiger partial charge < -0.3 is 80.2 Å². The van der Waals surface area contributed by atoms with Crippen molar-refractivity contribution in [1.82, 2.24) is 19.9 Å². The lowest BCUT2D eigenvalue weighted by Gasteiger charge is -2.38. The monoisotopic (exact) mass is 1180 g/mol. The number of likely N-dealkylation sites (tertiary alicyclic amines) is 1. The number of aliphatic carboxylic acids is 1. The number of ether oxygens (including phenoxy) is 7. The molecule has 4 amide bonds. The molecule has 13 N–H and O–H groups in total. The molecule has 31 heteroatoms. The van der Waals surface area contributed by atoms with E-state index in [1.165, 1.54) is 63.0 Å². The minimum absolute atomic E-state index is 0.0260. The molecule has 0 saturated carbocycles. The summed E-state index contributed by atoms with van der Waals surface area (Å²) in [6, 6.07) is 8.40. The van der Waals surface area contributed by atoms with Crippen LogP contribution in [0.5, 0.6) is 11.5 Å². The van der Waals surface area contributed by atoms with E-state index in [-0.39, 0.29) is 143 Å². The highest BCUT2D eigenvalue weighted by molar-refractivity contribution is 7.87. The summed E-state index contributed by atoms with van der Waals surface area (Å²) >= 11 is 0. The number of aromatic nitrogens is 2. The molecule has 1 aromatic heterocycles. The number of nitrogens with two attached hydrogens (primary N) is 2. The van der Waals surface area contributed by atoms with Gasteiger partial charge in [-0.2, -0.15) is 18.1 Å². The predicted molar refractivity (Wildman–Crippen MR) is 278 cm³/mol. The number of hydrogen-bond acceptors (Lipinski definition) is 21. The fourth-order valence-electron chi connectivity index (χ4n) is 9.13. The molecule has 3 fully saturated rings. The number of carbonyl (C=O) groups excluding carboxylic acids is 4. The SMILES string of the molecule is CCOc1cccc(F)c1C#CC1C=[N+]([C@@H]2O[C@H](CNS(N)(=O)=O)[C@@H](O)[C@H]2O)c2c1c(N)nc[n+]2Cc1ccc(O[C@@H]2O[C@H](C(=O)O)[C@@H](O)[C@H](O)[C@H]2O)c(NC(=O)CCNC(=O)CCOCCOCCOCCN2C(=O)CC(C)C2=O)c1. The molecule has 11 atom stereocenters. The first kappa shape index (κ1) is 62.7. The molecule has 82 heavy (non-hydrogen) atoms.